The molecule has 0 saturated heterocycles. The summed E-state index contributed by atoms with van der Waals surface area (Å²) < 4.78 is 1.95. The molecule has 1 rings (SSSR count). The molecule has 1 aromatic heterocycles. The first kappa shape index (κ1) is 13.2. The summed E-state index contributed by atoms with van der Waals surface area (Å²) in [7, 11) is 0. The van der Waals surface area contributed by atoms with E-state index in [1.165, 1.54) is 0 Å². The maximum Gasteiger partial charge on any atom is 0.138 e. The molecule has 0 radical (unpaired) electrons. The van der Waals surface area contributed by atoms with Crippen LogP contribution in [-0.2, 0) is 13.0 Å². The van der Waals surface area contributed by atoms with Crippen molar-refractivity contribution in [2.75, 3.05) is 6.61 Å². The molecule has 0 bridgehead atoms. The van der Waals surface area contributed by atoms with E-state index in [1.807, 2.05) is 4.68 Å². The third-order valence-corrected chi connectivity index (χ3v) is 3.05. The summed E-state index contributed by atoms with van der Waals surface area (Å²) >= 11 is 0. The Hall–Kier alpha value is -0.900. The fraction of sp³-hybridized carbons (Fsp3) is 0.833. The van der Waals surface area contributed by atoms with Gasteiger partial charge in [0.1, 0.15) is 12.2 Å². The summed E-state index contributed by atoms with van der Waals surface area (Å²) in [6.07, 6.45) is 3.33. The fourth-order valence-electron chi connectivity index (χ4n) is 1.60. The highest BCUT2D eigenvalue weighted by molar-refractivity contribution is 4.92. The summed E-state index contributed by atoms with van der Waals surface area (Å²) in [5, 5.41) is 13.6. The van der Waals surface area contributed by atoms with E-state index in [0.717, 1.165) is 25.2 Å². The van der Waals surface area contributed by atoms with Crippen molar-refractivity contribution >= 4 is 0 Å². The van der Waals surface area contributed by atoms with Gasteiger partial charge in [-0.15, -0.1) is 0 Å². The largest absolute Gasteiger partial charge is 0.396 e. The van der Waals surface area contributed by atoms with Crippen LogP contribution in [-0.4, -0.2) is 26.5 Å². The zero-order chi connectivity index (χ0) is 12.2. The first-order valence-electron chi connectivity index (χ1n) is 5.98. The number of hydrogen-bond donors (Lipinski definition) is 1. The Bertz CT molecular complexity index is 316. The average molecular weight is 225 g/mol. The molecular formula is C12H23N3O. The molecule has 0 aliphatic carbocycles. The lowest BCUT2D eigenvalue weighted by Gasteiger charge is -2.25. The molecule has 0 aliphatic heterocycles. The minimum absolute atomic E-state index is 0.0816. The Labute approximate surface area is 97.7 Å². The Kier molecular flexibility index (Phi) is 4.47. The summed E-state index contributed by atoms with van der Waals surface area (Å²) in [4.78, 5) is 4.29. The van der Waals surface area contributed by atoms with Crippen molar-refractivity contribution in [3.8, 4) is 0 Å². The van der Waals surface area contributed by atoms with E-state index in [1.54, 1.807) is 6.33 Å². The number of rotatable bonds is 6. The van der Waals surface area contributed by atoms with Gasteiger partial charge in [0.05, 0.1) is 0 Å². The van der Waals surface area contributed by atoms with Gasteiger partial charge in [-0.25, -0.2) is 9.67 Å². The van der Waals surface area contributed by atoms with Crippen LogP contribution in [0.4, 0.5) is 0 Å². The minimum Gasteiger partial charge on any atom is -0.396 e. The highest BCUT2D eigenvalue weighted by atomic mass is 16.3. The lowest BCUT2D eigenvalue weighted by Crippen LogP contribution is -2.26. The maximum atomic E-state index is 9.40. The van der Waals surface area contributed by atoms with Gasteiger partial charge in [-0.2, -0.15) is 5.10 Å². The van der Waals surface area contributed by atoms with Gasteiger partial charge in [-0.3, -0.25) is 0 Å². The van der Waals surface area contributed by atoms with E-state index in [-0.39, 0.29) is 12.0 Å². The molecule has 0 spiro atoms. The Balaban J connectivity index is 2.76. The van der Waals surface area contributed by atoms with E-state index < -0.39 is 0 Å². The molecule has 0 aliphatic rings. The van der Waals surface area contributed by atoms with Crippen LogP contribution in [0.1, 0.15) is 39.9 Å². The molecular weight excluding hydrogens is 202 g/mol. The van der Waals surface area contributed by atoms with Gasteiger partial charge in [0.2, 0.25) is 0 Å². The van der Waals surface area contributed by atoms with Crippen molar-refractivity contribution in [1.82, 2.24) is 14.8 Å². The van der Waals surface area contributed by atoms with Gasteiger partial charge in [0.15, 0.2) is 0 Å². The van der Waals surface area contributed by atoms with Crippen molar-refractivity contribution in [3.05, 3.63) is 12.2 Å². The van der Waals surface area contributed by atoms with Crippen molar-refractivity contribution in [3.63, 3.8) is 0 Å². The van der Waals surface area contributed by atoms with Gasteiger partial charge in [-0.05, 0) is 17.8 Å². The molecule has 4 nitrogen and oxygen atoms in total. The third kappa shape index (κ3) is 3.30. The van der Waals surface area contributed by atoms with Gasteiger partial charge in [-0.1, -0.05) is 27.7 Å². The van der Waals surface area contributed by atoms with Crippen LogP contribution in [0.5, 0.6) is 0 Å². The van der Waals surface area contributed by atoms with Crippen molar-refractivity contribution in [2.45, 2.75) is 47.1 Å². The molecule has 16 heavy (non-hydrogen) atoms. The topological polar surface area (TPSA) is 50.9 Å². The Morgan fingerprint density at radius 2 is 2.19 bits per heavy atom. The van der Waals surface area contributed by atoms with Crippen LogP contribution in [0, 0.1) is 11.3 Å². The summed E-state index contributed by atoms with van der Waals surface area (Å²) in [5.74, 6) is 1.54. The number of hydrogen-bond acceptors (Lipinski definition) is 3. The zero-order valence-electron chi connectivity index (χ0n) is 10.8. The Morgan fingerprint density at radius 3 is 2.69 bits per heavy atom. The zero-order valence-corrected chi connectivity index (χ0v) is 10.8. The predicted molar refractivity (Wildman–Crippen MR) is 64.0 cm³/mol. The quantitative estimate of drug-likeness (QED) is 0.804. The van der Waals surface area contributed by atoms with E-state index >= 15 is 0 Å². The molecule has 92 valence electrons. The second kappa shape index (κ2) is 5.43. The SMILES string of the molecule is CCC(C)(CO)Cc1ncnn1CC(C)C. The molecule has 1 N–H and O–H groups in total. The third-order valence-electron chi connectivity index (χ3n) is 3.05. The normalized spacial score (nSPS) is 15.4. The minimum atomic E-state index is -0.0816. The summed E-state index contributed by atoms with van der Waals surface area (Å²) in [6.45, 7) is 9.59. The molecule has 0 saturated carbocycles. The van der Waals surface area contributed by atoms with E-state index in [0.29, 0.717) is 5.92 Å². The molecule has 1 heterocycles. The molecule has 1 aromatic rings. The van der Waals surface area contributed by atoms with Crippen LogP contribution in [0.15, 0.2) is 6.33 Å². The van der Waals surface area contributed by atoms with Crippen molar-refractivity contribution < 1.29 is 5.11 Å². The molecule has 0 amide bonds. The van der Waals surface area contributed by atoms with Gasteiger partial charge in [0, 0.05) is 19.6 Å². The fourth-order valence-corrected chi connectivity index (χ4v) is 1.60. The van der Waals surface area contributed by atoms with Crippen LogP contribution in [0.25, 0.3) is 0 Å². The van der Waals surface area contributed by atoms with Gasteiger partial charge < -0.3 is 5.11 Å². The number of aliphatic hydroxyl groups excluding tert-OH is 1. The lowest BCUT2D eigenvalue weighted by atomic mass is 9.84. The summed E-state index contributed by atoms with van der Waals surface area (Å²) in [6, 6.07) is 0. The second-order valence-corrected chi connectivity index (χ2v) is 5.25. The molecule has 0 aromatic carbocycles. The van der Waals surface area contributed by atoms with Gasteiger partial charge >= 0.3 is 0 Å². The monoisotopic (exact) mass is 225 g/mol. The standard InChI is InChI=1S/C12H23N3O/c1-5-12(4,8-16)6-11-13-9-14-15(11)7-10(2)3/h9-10,16H,5-8H2,1-4H3. The highest BCUT2D eigenvalue weighted by Crippen LogP contribution is 2.24. The van der Waals surface area contributed by atoms with Crippen molar-refractivity contribution in [2.24, 2.45) is 11.3 Å². The number of nitrogens with zero attached hydrogens (tertiary/aromatic N) is 3. The molecule has 4 heteroatoms. The van der Waals surface area contributed by atoms with Crippen LogP contribution < -0.4 is 0 Å². The lowest BCUT2D eigenvalue weighted by molar-refractivity contribution is 0.134. The van der Waals surface area contributed by atoms with E-state index in [2.05, 4.69) is 37.8 Å². The van der Waals surface area contributed by atoms with Crippen LogP contribution in [0.2, 0.25) is 0 Å². The van der Waals surface area contributed by atoms with E-state index in [9.17, 15) is 5.11 Å². The number of aliphatic hydroxyl groups is 1. The molecule has 1 atom stereocenters. The smallest absolute Gasteiger partial charge is 0.138 e. The van der Waals surface area contributed by atoms with Gasteiger partial charge in [0.25, 0.3) is 0 Å². The molecule has 0 fully saturated rings. The van der Waals surface area contributed by atoms with Crippen LogP contribution >= 0.6 is 0 Å². The predicted octanol–water partition coefficient (Wildman–Crippen LogP) is 1.89. The number of aromatic nitrogens is 3. The Morgan fingerprint density at radius 1 is 1.50 bits per heavy atom. The second-order valence-electron chi connectivity index (χ2n) is 5.25. The molecule has 1 unspecified atom stereocenters. The van der Waals surface area contributed by atoms with Crippen molar-refractivity contribution in [1.29, 1.82) is 0 Å². The highest BCUT2D eigenvalue weighted by Gasteiger charge is 2.24. The maximum absolute atomic E-state index is 9.40. The first-order valence-corrected chi connectivity index (χ1v) is 5.98. The summed E-state index contributed by atoms with van der Waals surface area (Å²) in [5.41, 5.74) is -0.0816. The average Bonchev–Trinajstić information content (AvgIpc) is 2.64. The van der Waals surface area contributed by atoms with Crippen LogP contribution in [0.3, 0.4) is 0 Å². The first-order chi connectivity index (χ1) is 7.50. The van der Waals surface area contributed by atoms with E-state index in [4.69, 9.17) is 0 Å².